The summed E-state index contributed by atoms with van der Waals surface area (Å²) in [6.07, 6.45) is -1.40. The van der Waals surface area contributed by atoms with E-state index >= 15 is 0 Å². The molecule has 1 aromatic carbocycles. The second-order valence-electron chi connectivity index (χ2n) is 3.18. The number of nitrogens with one attached hydrogen (secondary N) is 1. The summed E-state index contributed by atoms with van der Waals surface area (Å²) in [4.78, 5) is 21.9. The normalized spacial score (nSPS) is 11.8. The second-order valence-corrected chi connectivity index (χ2v) is 3.18. The number of benzene rings is 1. The van der Waals surface area contributed by atoms with E-state index in [1.807, 2.05) is 0 Å². The Morgan fingerprint density at radius 3 is 2.38 bits per heavy atom. The zero-order valence-electron chi connectivity index (χ0n) is 8.38. The van der Waals surface area contributed by atoms with Gasteiger partial charge >= 0.3 is 0 Å². The van der Waals surface area contributed by atoms with Gasteiger partial charge in [-0.3, -0.25) is 9.59 Å². The topological polar surface area (TPSA) is 113 Å². The number of aromatic hydroxyl groups is 1. The highest BCUT2D eigenvalue weighted by Gasteiger charge is 2.12. The Labute approximate surface area is 91.7 Å². The largest absolute Gasteiger partial charge is 0.508 e. The van der Waals surface area contributed by atoms with Crippen LogP contribution < -0.4 is 11.1 Å². The number of aliphatic hydroxyl groups is 1. The van der Waals surface area contributed by atoms with Crippen molar-refractivity contribution in [1.82, 2.24) is 5.32 Å². The quantitative estimate of drug-likeness (QED) is 0.523. The molecule has 5 N–H and O–H groups in total. The third-order valence-corrected chi connectivity index (χ3v) is 1.91. The average Bonchev–Trinajstić information content (AvgIpc) is 2.26. The first-order valence-corrected chi connectivity index (χ1v) is 4.55. The summed E-state index contributed by atoms with van der Waals surface area (Å²) < 4.78 is 0. The summed E-state index contributed by atoms with van der Waals surface area (Å²) in [5, 5.41) is 20.4. The van der Waals surface area contributed by atoms with Crippen molar-refractivity contribution in [3.8, 4) is 5.75 Å². The van der Waals surface area contributed by atoms with Crippen LogP contribution in [0, 0.1) is 0 Å². The molecule has 0 saturated heterocycles. The highest BCUT2D eigenvalue weighted by Crippen LogP contribution is 2.09. The average molecular weight is 224 g/mol. The van der Waals surface area contributed by atoms with E-state index in [4.69, 9.17) is 15.9 Å². The molecule has 0 bridgehead atoms. The number of amides is 2. The Morgan fingerprint density at radius 1 is 1.31 bits per heavy atom. The molecule has 0 aromatic heterocycles. The molecule has 0 radical (unpaired) electrons. The Balaban J connectivity index is 2.53. The minimum atomic E-state index is -1.40. The van der Waals surface area contributed by atoms with Crippen LogP contribution in [0.4, 0.5) is 0 Å². The Bertz CT molecular complexity index is 388. The van der Waals surface area contributed by atoms with E-state index < -0.39 is 17.9 Å². The van der Waals surface area contributed by atoms with Crippen molar-refractivity contribution in [2.75, 3.05) is 6.54 Å². The van der Waals surface area contributed by atoms with Gasteiger partial charge in [-0.1, -0.05) is 0 Å². The van der Waals surface area contributed by atoms with Crippen LogP contribution in [0.3, 0.4) is 0 Å². The minimum absolute atomic E-state index is 0.0497. The van der Waals surface area contributed by atoms with E-state index in [2.05, 4.69) is 5.32 Å². The van der Waals surface area contributed by atoms with Crippen molar-refractivity contribution in [2.45, 2.75) is 6.10 Å². The number of hydrogen-bond donors (Lipinski definition) is 4. The van der Waals surface area contributed by atoms with Crippen LogP contribution in [0.15, 0.2) is 24.3 Å². The van der Waals surface area contributed by atoms with Gasteiger partial charge in [-0.05, 0) is 24.3 Å². The lowest BCUT2D eigenvalue weighted by Crippen LogP contribution is -2.39. The maximum atomic E-state index is 11.4. The molecule has 0 aliphatic rings. The molecule has 6 nitrogen and oxygen atoms in total. The van der Waals surface area contributed by atoms with Gasteiger partial charge in [-0.25, -0.2) is 0 Å². The molecule has 1 rings (SSSR count). The van der Waals surface area contributed by atoms with Crippen LogP contribution >= 0.6 is 0 Å². The molecule has 1 atom stereocenters. The van der Waals surface area contributed by atoms with Crippen LogP contribution in [0.25, 0.3) is 0 Å². The molecule has 0 aliphatic carbocycles. The number of carbonyl (C=O) groups excluding carboxylic acids is 2. The van der Waals surface area contributed by atoms with Gasteiger partial charge in [0, 0.05) is 5.56 Å². The SMILES string of the molecule is NC(=O)C(O)CNC(=O)c1ccc(O)cc1. The Hall–Kier alpha value is -2.08. The number of phenols is 1. The summed E-state index contributed by atoms with van der Waals surface area (Å²) in [5.74, 6) is -1.31. The van der Waals surface area contributed by atoms with Crippen molar-refractivity contribution in [1.29, 1.82) is 0 Å². The zero-order valence-corrected chi connectivity index (χ0v) is 8.38. The summed E-state index contributed by atoms with van der Waals surface area (Å²) in [5.41, 5.74) is 5.12. The van der Waals surface area contributed by atoms with E-state index in [0.717, 1.165) is 0 Å². The lowest BCUT2D eigenvalue weighted by atomic mass is 10.2. The molecule has 0 saturated carbocycles. The van der Waals surface area contributed by atoms with Gasteiger partial charge in [0.2, 0.25) is 5.91 Å². The molecular weight excluding hydrogens is 212 g/mol. The van der Waals surface area contributed by atoms with Crippen LogP contribution in [0.1, 0.15) is 10.4 Å². The molecule has 0 spiro atoms. The van der Waals surface area contributed by atoms with Crippen LogP contribution in [-0.4, -0.2) is 34.7 Å². The van der Waals surface area contributed by atoms with Gasteiger partial charge in [0.1, 0.15) is 11.9 Å². The van der Waals surface area contributed by atoms with E-state index in [0.29, 0.717) is 5.56 Å². The summed E-state index contributed by atoms with van der Waals surface area (Å²) in [7, 11) is 0. The van der Waals surface area contributed by atoms with Crippen molar-refractivity contribution < 1.29 is 19.8 Å². The van der Waals surface area contributed by atoms with Gasteiger partial charge in [0.25, 0.3) is 5.91 Å². The Morgan fingerprint density at radius 2 is 1.88 bits per heavy atom. The molecule has 6 heteroatoms. The third-order valence-electron chi connectivity index (χ3n) is 1.91. The van der Waals surface area contributed by atoms with E-state index in [9.17, 15) is 9.59 Å². The number of carbonyl (C=O) groups is 2. The third kappa shape index (κ3) is 3.25. The van der Waals surface area contributed by atoms with E-state index in [-0.39, 0.29) is 12.3 Å². The van der Waals surface area contributed by atoms with E-state index in [1.54, 1.807) is 0 Å². The molecule has 1 unspecified atom stereocenters. The van der Waals surface area contributed by atoms with Crippen LogP contribution in [-0.2, 0) is 4.79 Å². The lowest BCUT2D eigenvalue weighted by molar-refractivity contribution is -0.125. The van der Waals surface area contributed by atoms with Gasteiger partial charge < -0.3 is 21.3 Å². The number of nitrogens with two attached hydrogens (primary N) is 1. The predicted octanol–water partition coefficient (Wildman–Crippen LogP) is -1.03. The number of aliphatic hydroxyl groups excluding tert-OH is 1. The highest BCUT2D eigenvalue weighted by atomic mass is 16.3. The first-order valence-electron chi connectivity index (χ1n) is 4.55. The number of rotatable bonds is 4. The van der Waals surface area contributed by atoms with Gasteiger partial charge in [-0.15, -0.1) is 0 Å². The Kier molecular flexibility index (Phi) is 3.84. The van der Waals surface area contributed by atoms with Gasteiger partial charge in [0.05, 0.1) is 6.54 Å². The fraction of sp³-hybridized carbons (Fsp3) is 0.200. The molecule has 2 amide bonds. The summed E-state index contributed by atoms with van der Waals surface area (Å²) >= 11 is 0. The summed E-state index contributed by atoms with van der Waals surface area (Å²) in [6.45, 7) is -0.241. The second kappa shape index (κ2) is 5.13. The molecule has 86 valence electrons. The molecule has 0 fully saturated rings. The smallest absolute Gasteiger partial charge is 0.251 e. The zero-order chi connectivity index (χ0) is 12.1. The molecule has 0 aliphatic heterocycles. The van der Waals surface area contributed by atoms with Crippen LogP contribution in [0.5, 0.6) is 5.75 Å². The van der Waals surface area contributed by atoms with Crippen LogP contribution in [0.2, 0.25) is 0 Å². The number of hydrogen-bond acceptors (Lipinski definition) is 4. The molecular formula is C10H12N2O4. The minimum Gasteiger partial charge on any atom is -0.508 e. The van der Waals surface area contributed by atoms with Gasteiger partial charge in [-0.2, -0.15) is 0 Å². The molecule has 1 aromatic rings. The fourth-order valence-electron chi connectivity index (χ4n) is 1.00. The lowest BCUT2D eigenvalue weighted by Gasteiger charge is -2.08. The maximum absolute atomic E-state index is 11.4. The first-order chi connectivity index (χ1) is 7.50. The first kappa shape index (κ1) is 12.0. The van der Waals surface area contributed by atoms with E-state index in [1.165, 1.54) is 24.3 Å². The van der Waals surface area contributed by atoms with Crippen molar-refractivity contribution in [3.05, 3.63) is 29.8 Å². The fourth-order valence-corrected chi connectivity index (χ4v) is 1.00. The van der Waals surface area contributed by atoms with Crippen molar-refractivity contribution in [2.24, 2.45) is 5.73 Å². The number of phenolic OH excluding ortho intramolecular Hbond substituents is 1. The standard InChI is InChI=1S/C10H12N2O4/c11-9(15)8(14)5-12-10(16)6-1-3-7(13)4-2-6/h1-4,8,13-14H,5H2,(H2,11,15)(H,12,16). The van der Waals surface area contributed by atoms with Gasteiger partial charge in [0.15, 0.2) is 0 Å². The molecule has 16 heavy (non-hydrogen) atoms. The predicted molar refractivity (Wildman–Crippen MR) is 55.6 cm³/mol. The summed E-state index contributed by atoms with van der Waals surface area (Å²) in [6, 6.07) is 5.56. The monoisotopic (exact) mass is 224 g/mol. The molecule has 0 heterocycles. The highest BCUT2D eigenvalue weighted by molar-refractivity contribution is 5.94. The number of primary amides is 1. The van der Waals surface area contributed by atoms with Crippen molar-refractivity contribution in [3.63, 3.8) is 0 Å². The van der Waals surface area contributed by atoms with Crippen molar-refractivity contribution >= 4 is 11.8 Å². The maximum Gasteiger partial charge on any atom is 0.251 e.